The Morgan fingerprint density at radius 3 is 2.67 bits per heavy atom. The van der Waals surface area contributed by atoms with Crippen LogP contribution in [0.3, 0.4) is 0 Å². The third-order valence-corrected chi connectivity index (χ3v) is 1.22. The van der Waals surface area contributed by atoms with Gasteiger partial charge in [-0.15, -0.1) is 12.6 Å². The predicted octanol–water partition coefficient (Wildman–Crippen LogP) is 1.00. The van der Waals surface area contributed by atoms with Crippen molar-refractivity contribution >= 4 is 12.6 Å². The van der Waals surface area contributed by atoms with E-state index in [0.29, 0.717) is 5.69 Å². The summed E-state index contributed by atoms with van der Waals surface area (Å²) in [6, 6.07) is 5.32. The molecule has 0 aliphatic rings. The fourth-order valence-electron chi connectivity index (χ4n) is 0.529. The van der Waals surface area contributed by atoms with Crippen LogP contribution in [0.2, 0.25) is 0 Å². The van der Waals surface area contributed by atoms with Crippen LogP contribution < -0.4 is 0 Å². The molecule has 0 saturated carbocycles. The van der Waals surface area contributed by atoms with Crippen molar-refractivity contribution in [1.29, 1.82) is 0 Å². The first-order chi connectivity index (χ1) is 4.30. The normalized spacial score (nSPS) is 13.1. The second-order valence-electron chi connectivity index (χ2n) is 1.63. The van der Waals surface area contributed by atoms with E-state index in [2.05, 4.69) is 17.6 Å². The molecule has 1 atom stereocenters. The molecule has 3 heteroatoms. The van der Waals surface area contributed by atoms with Gasteiger partial charge in [-0.25, -0.2) is 0 Å². The standard InChI is InChI=1S/C6H7NOS/c8-6(9)5-3-1-2-4-7-5/h1-4,6,8-9H/t6-/m0/s1. The molecule has 0 fully saturated rings. The minimum atomic E-state index is -0.758. The molecule has 1 aromatic heterocycles. The first-order valence-electron chi connectivity index (χ1n) is 2.58. The minimum Gasteiger partial charge on any atom is -0.377 e. The number of hydrogen-bond donors (Lipinski definition) is 2. The minimum absolute atomic E-state index is 0.584. The van der Waals surface area contributed by atoms with Gasteiger partial charge < -0.3 is 5.11 Å². The number of aliphatic hydroxyl groups is 1. The molecule has 0 aromatic carbocycles. The zero-order valence-electron chi connectivity index (χ0n) is 4.73. The summed E-state index contributed by atoms with van der Waals surface area (Å²) in [6.07, 6.45) is 1.62. The molecule has 0 radical (unpaired) electrons. The lowest BCUT2D eigenvalue weighted by molar-refractivity contribution is 0.267. The highest BCUT2D eigenvalue weighted by Gasteiger charge is 1.98. The largest absolute Gasteiger partial charge is 0.377 e. The SMILES string of the molecule is O[C@@H](S)c1ccccn1. The highest BCUT2D eigenvalue weighted by Crippen LogP contribution is 2.11. The van der Waals surface area contributed by atoms with Gasteiger partial charge in [0.05, 0.1) is 5.69 Å². The molecule has 0 spiro atoms. The Bertz CT molecular complexity index is 176. The Morgan fingerprint density at radius 2 is 2.33 bits per heavy atom. The van der Waals surface area contributed by atoms with E-state index in [4.69, 9.17) is 5.11 Å². The molecule has 2 nitrogen and oxygen atoms in total. The molecule has 0 unspecified atom stereocenters. The van der Waals surface area contributed by atoms with Gasteiger partial charge in [0.15, 0.2) is 0 Å². The van der Waals surface area contributed by atoms with E-state index in [1.165, 1.54) is 0 Å². The number of aliphatic hydroxyl groups excluding tert-OH is 1. The molecular formula is C6H7NOS. The van der Waals surface area contributed by atoms with Crippen LogP contribution in [-0.4, -0.2) is 10.1 Å². The van der Waals surface area contributed by atoms with Crippen molar-refractivity contribution < 1.29 is 5.11 Å². The van der Waals surface area contributed by atoms with E-state index in [9.17, 15) is 0 Å². The van der Waals surface area contributed by atoms with E-state index >= 15 is 0 Å². The van der Waals surface area contributed by atoms with Gasteiger partial charge in [-0.2, -0.15) is 0 Å². The Labute approximate surface area is 59.0 Å². The van der Waals surface area contributed by atoms with Crippen LogP contribution in [-0.2, 0) is 0 Å². The lowest BCUT2D eigenvalue weighted by Gasteiger charge is -1.98. The van der Waals surface area contributed by atoms with E-state index in [-0.39, 0.29) is 0 Å². The summed E-state index contributed by atoms with van der Waals surface area (Å²) in [6.45, 7) is 0. The zero-order chi connectivity index (χ0) is 6.69. The molecule has 1 rings (SSSR count). The van der Waals surface area contributed by atoms with E-state index in [1.807, 2.05) is 6.07 Å². The van der Waals surface area contributed by atoms with Crippen molar-refractivity contribution in [2.45, 2.75) is 5.44 Å². The summed E-state index contributed by atoms with van der Waals surface area (Å²) < 4.78 is 0. The number of nitrogens with zero attached hydrogens (tertiary/aromatic N) is 1. The van der Waals surface area contributed by atoms with Crippen LogP contribution in [0.5, 0.6) is 0 Å². The molecule has 0 bridgehead atoms. The van der Waals surface area contributed by atoms with Gasteiger partial charge in [0.25, 0.3) is 0 Å². The number of rotatable bonds is 1. The average molecular weight is 141 g/mol. The van der Waals surface area contributed by atoms with Gasteiger partial charge in [0.2, 0.25) is 0 Å². The van der Waals surface area contributed by atoms with Crippen molar-refractivity contribution in [3.63, 3.8) is 0 Å². The van der Waals surface area contributed by atoms with Crippen molar-refractivity contribution in [3.05, 3.63) is 30.1 Å². The van der Waals surface area contributed by atoms with Crippen LogP contribution in [0.1, 0.15) is 11.1 Å². The van der Waals surface area contributed by atoms with Crippen LogP contribution in [0, 0.1) is 0 Å². The molecule has 0 aliphatic carbocycles. The Morgan fingerprint density at radius 1 is 1.56 bits per heavy atom. The van der Waals surface area contributed by atoms with Crippen LogP contribution in [0.15, 0.2) is 24.4 Å². The van der Waals surface area contributed by atoms with Gasteiger partial charge in [0, 0.05) is 6.20 Å². The molecule has 0 saturated heterocycles. The second kappa shape index (κ2) is 2.85. The molecule has 1 aromatic rings. The third kappa shape index (κ3) is 1.69. The van der Waals surface area contributed by atoms with E-state index < -0.39 is 5.44 Å². The van der Waals surface area contributed by atoms with Crippen molar-refractivity contribution in [2.24, 2.45) is 0 Å². The summed E-state index contributed by atoms with van der Waals surface area (Å²) in [7, 11) is 0. The molecule has 0 aliphatic heterocycles. The third-order valence-electron chi connectivity index (χ3n) is 0.952. The topological polar surface area (TPSA) is 33.1 Å². The van der Waals surface area contributed by atoms with E-state index in [1.54, 1.807) is 18.3 Å². The number of thiol groups is 1. The molecule has 0 amide bonds. The summed E-state index contributed by atoms with van der Waals surface area (Å²) in [4.78, 5) is 3.85. The monoisotopic (exact) mass is 141 g/mol. The summed E-state index contributed by atoms with van der Waals surface area (Å²) in [5, 5.41) is 8.83. The lowest BCUT2D eigenvalue weighted by Crippen LogP contribution is -1.89. The smallest absolute Gasteiger partial charge is 0.139 e. The Kier molecular flexibility index (Phi) is 2.08. The first kappa shape index (κ1) is 6.58. The number of hydrogen-bond acceptors (Lipinski definition) is 3. The first-order valence-corrected chi connectivity index (χ1v) is 3.09. The molecular weight excluding hydrogens is 134 g/mol. The molecule has 1 N–H and O–H groups in total. The van der Waals surface area contributed by atoms with Crippen LogP contribution in [0.4, 0.5) is 0 Å². The quantitative estimate of drug-likeness (QED) is 0.452. The highest BCUT2D eigenvalue weighted by atomic mass is 32.1. The summed E-state index contributed by atoms with van der Waals surface area (Å²) in [5.74, 6) is 0. The number of aromatic nitrogens is 1. The summed E-state index contributed by atoms with van der Waals surface area (Å²) in [5.41, 5.74) is -0.174. The fourth-order valence-corrected chi connectivity index (χ4v) is 0.681. The second-order valence-corrected chi connectivity index (χ2v) is 2.12. The number of pyridine rings is 1. The fraction of sp³-hybridized carbons (Fsp3) is 0.167. The van der Waals surface area contributed by atoms with Crippen molar-refractivity contribution in [2.75, 3.05) is 0 Å². The van der Waals surface area contributed by atoms with Crippen molar-refractivity contribution in [3.8, 4) is 0 Å². The van der Waals surface area contributed by atoms with Gasteiger partial charge in [-0.3, -0.25) is 4.98 Å². The van der Waals surface area contributed by atoms with Crippen molar-refractivity contribution in [1.82, 2.24) is 4.98 Å². The Hall–Kier alpha value is -0.540. The lowest BCUT2D eigenvalue weighted by atomic mass is 10.4. The molecule has 48 valence electrons. The molecule has 9 heavy (non-hydrogen) atoms. The molecule has 1 heterocycles. The predicted molar refractivity (Wildman–Crippen MR) is 38.2 cm³/mol. The summed E-state index contributed by atoms with van der Waals surface area (Å²) >= 11 is 3.78. The van der Waals surface area contributed by atoms with Gasteiger partial charge in [-0.05, 0) is 12.1 Å². The maximum Gasteiger partial charge on any atom is 0.139 e. The van der Waals surface area contributed by atoms with E-state index in [0.717, 1.165) is 0 Å². The zero-order valence-corrected chi connectivity index (χ0v) is 5.62. The maximum absolute atomic E-state index is 8.83. The highest BCUT2D eigenvalue weighted by molar-refractivity contribution is 7.80. The maximum atomic E-state index is 8.83. The van der Waals surface area contributed by atoms with Crippen LogP contribution >= 0.6 is 12.6 Å². The average Bonchev–Trinajstić information content (AvgIpc) is 1.90. The van der Waals surface area contributed by atoms with Crippen LogP contribution in [0.25, 0.3) is 0 Å². The van der Waals surface area contributed by atoms with Gasteiger partial charge >= 0.3 is 0 Å². The van der Waals surface area contributed by atoms with Gasteiger partial charge in [0.1, 0.15) is 5.44 Å². The Balaban J connectivity index is 2.85. The van der Waals surface area contributed by atoms with Gasteiger partial charge in [-0.1, -0.05) is 6.07 Å².